The first-order valence-corrected chi connectivity index (χ1v) is 4.69. The lowest BCUT2D eigenvalue weighted by Gasteiger charge is -2.19. The normalized spacial score (nSPS) is 22.8. The van der Waals surface area contributed by atoms with Gasteiger partial charge in [0.05, 0.1) is 12.4 Å². The van der Waals surface area contributed by atoms with Crippen LogP contribution in [-0.4, -0.2) is 40.9 Å². The second kappa shape index (κ2) is 3.77. The molecular formula is C6H11N3O2S. The summed E-state index contributed by atoms with van der Waals surface area (Å²) in [5, 5.41) is 0. The third-order valence-electron chi connectivity index (χ3n) is 1.71. The molecule has 1 saturated heterocycles. The number of hydrogen-bond donors (Lipinski definition) is 2. The van der Waals surface area contributed by atoms with Gasteiger partial charge >= 0.3 is 0 Å². The number of thioether (sulfide) groups is 1. The first-order valence-electron chi connectivity index (χ1n) is 3.53. The minimum absolute atomic E-state index is 0.0651. The van der Waals surface area contributed by atoms with Gasteiger partial charge < -0.3 is 16.4 Å². The molecular weight excluding hydrogens is 178 g/mol. The lowest BCUT2D eigenvalue weighted by atomic mass is 10.3. The Kier molecular flexibility index (Phi) is 2.93. The predicted molar refractivity (Wildman–Crippen MR) is 46.2 cm³/mol. The predicted octanol–water partition coefficient (Wildman–Crippen LogP) is -1.67. The quantitative estimate of drug-likeness (QED) is 0.543. The fraction of sp³-hybridized carbons (Fsp3) is 0.667. The van der Waals surface area contributed by atoms with Gasteiger partial charge in [0.25, 0.3) is 0 Å². The largest absolute Gasteiger partial charge is 0.368 e. The molecule has 0 aromatic rings. The van der Waals surface area contributed by atoms with Crippen molar-refractivity contribution in [2.45, 2.75) is 6.04 Å². The summed E-state index contributed by atoms with van der Waals surface area (Å²) in [6.07, 6.45) is 0. The molecule has 0 aromatic heterocycles. The van der Waals surface area contributed by atoms with E-state index in [1.807, 2.05) is 0 Å². The Hall–Kier alpha value is -0.750. The van der Waals surface area contributed by atoms with E-state index in [0.29, 0.717) is 11.6 Å². The zero-order valence-corrected chi connectivity index (χ0v) is 7.34. The summed E-state index contributed by atoms with van der Waals surface area (Å²) in [7, 11) is 0. The fourth-order valence-electron chi connectivity index (χ4n) is 1.04. The molecule has 1 atom stereocenters. The number of nitrogens with two attached hydrogens (primary N) is 2. The van der Waals surface area contributed by atoms with E-state index in [2.05, 4.69) is 0 Å². The van der Waals surface area contributed by atoms with Crippen LogP contribution in [0.5, 0.6) is 0 Å². The molecule has 1 heterocycles. The lowest BCUT2D eigenvalue weighted by molar-refractivity contribution is -0.135. The second-order valence-corrected chi connectivity index (χ2v) is 3.49. The molecule has 5 nitrogen and oxygen atoms in total. The first-order chi connectivity index (χ1) is 5.66. The van der Waals surface area contributed by atoms with Gasteiger partial charge in [-0.2, -0.15) is 0 Å². The third-order valence-corrected chi connectivity index (χ3v) is 2.72. The van der Waals surface area contributed by atoms with E-state index in [9.17, 15) is 9.59 Å². The topological polar surface area (TPSA) is 89.4 Å². The molecule has 1 aliphatic heterocycles. The van der Waals surface area contributed by atoms with Crippen molar-refractivity contribution < 1.29 is 9.59 Å². The zero-order chi connectivity index (χ0) is 9.14. The van der Waals surface area contributed by atoms with Crippen LogP contribution in [0, 0.1) is 0 Å². The van der Waals surface area contributed by atoms with Crippen molar-refractivity contribution in [3.8, 4) is 0 Å². The molecule has 1 rings (SSSR count). The molecule has 6 heteroatoms. The minimum Gasteiger partial charge on any atom is -0.368 e. The average Bonchev–Trinajstić information content (AvgIpc) is 2.50. The van der Waals surface area contributed by atoms with Gasteiger partial charge in [-0.05, 0) is 0 Å². The Labute approximate surface area is 74.4 Å². The van der Waals surface area contributed by atoms with E-state index in [1.54, 1.807) is 0 Å². The zero-order valence-electron chi connectivity index (χ0n) is 6.53. The maximum absolute atomic E-state index is 11.1. The first kappa shape index (κ1) is 9.34. The van der Waals surface area contributed by atoms with Gasteiger partial charge in [-0.25, -0.2) is 0 Å². The van der Waals surface area contributed by atoms with Gasteiger partial charge in [0.1, 0.15) is 6.04 Å². The van der Waals surface area contributed by atoms with E-state index >= 15 is 0 Å². The fourth-order valence-corrected chi connectivity index (χ4v) is 2.23. The van der Waals surface area contributed by atoms with Gasteiger partial charge in [-0.15, -0.1) is 11.8 Å². The van der Waals surface area contributed by atoms with Gasteiger partial charge in [0.15, 0.2) is 0 Å². The number of nitrogens with zero attached hydrogens (tertiary/aromatic N) is 1. The molecule has 2 amide bonds. The van der Waals surface area contributed by atoms with Crippen LogP contribution in [0.4, 0.5) is 0 Å². The number of carbonyl (C=O) groups is 2. The van der Waals surface area contributed by atoms with E-state index in [4.69, 9.17) is 11.5 Å². The summed E-state index contributed by atoms with van der Waals surface area (Å²) < 4.78 is 0. The Bertz CT molecular complexity index is 209. The Balaban J connectivity index is 2.63. The minimum atomic E-state index is -0.467. The highest BCUT2D eigenvalue weighted by Crippen LogP contribution is 2.19. The summed E-state index contributed by atoms with van der Waals surface area (Å²) in [4.78, 5) is 23.3. The van der Waals surface area contributed by atoms with Crippen LogP contribution >= 0.6 is 11.8 Å². The highest BCUT2D eigenvalue weighted by atomic mass is 32.2. The van der Waals surface area contributed by atoms with E-state index in [0.717, 1.165) is 0 Å². The molecule has 68 valence electrons. The monoisotopic (exact) mass is 189 g/mol. The van der Waals surface area contributed by atoms with Crippen LogP contribution in [0.25, 0.3) is 0 Å². The SMILES string of the molecule is NCC(=O)N1CSC[C@H]1C(N)=O. The van der Waals surface area contributed by atoms with E-state index in [1.165, 1.54) is 16.7 Å². The summed E-state index contributed by atoms with van der Waals surface area (Å²) >= 11 is 1.51. The average molecular weight is 189 g/mol. The van der Waals surface area contributed by atoms with Crippen LogP contribution in [0.2, 0.25) is 0 Å². The maximum Gasteiger partial charge on any atom is 0.241 e. The summed E-state index contributed by atoms with van der Waals surface area (Å²) in [6.45, 7) is -0.0651. The van der Waals surface area contributed by atoms with Crippen LogP contribution < -0.4 is 11.5 Å². The van der Waals surface area contributed by atoms with Gasteiger partial charge in [0.2, 0.25) is 11.8 Å². The number of hydrogen-bond acceptors (Lipinski definition) is 4. The summed E-state index contributed by atoms with van der Waals surface area (Å²) in [5.74, 6) is 0.427. The van der Waals surface area contributed by atoms with Crippen LogP contribution in [0.15, 0.2) is 0 Å². The molecule has 0 bridgehead atoms. The van der Waals surface area contributed by atoms with E-state index < -0.39 is 11.9 Å². The van der Waals surface area contributed by atoms with E-state index in [-0.39, 0.29) is 12.5 Å². The van der Waals surface area contributed by atoms with Gasteiger partial charge in [0, 0.05) is 5.75 Å². The number of carbonyl (C=O) groups excluding carboxylic acids is 2. The molecule has 4 N–H and O–H groups in total. The number of rotatable bonds is 2. The number of amides is 2. The molecule has 0 spiro atoms. The van der Waals surface area contributed by atoms with Gasteiger partial charge in [-0.3, -0.25) is 9.59 Å². The van der Waals surface area contributed by atoms with Crippen LogP contribution in [0.3, 0.4) is 0 Å². The molecule has 0 unspecified atom stereocenters. The Morgan fingerprint density at radius 2 is 2.25 bits per heavy atom. The standard InChI is InChI=1S/C6H11N3O2S/c7-1-5(10)9-3-12-2-4(9)6(8)11/h4H,1-3,7H2,(H2,8,11)/t4-/m0/s1. The van der Waals surface area contributed by atoms with Crippen molar-refractivity contribution in [2.24, 2.45) is 11.5 Å². The van der Waals surface area contributed by atoms with Crippen molar-refractivity contribution in [2.75, 3.05) is 18.2 Å². The molecule has 1 fully saturated rings. The highest BCUT2D eigenvalue weighted by molar-refractivity contribution is 7.99. The molecule has 0 aromatic carbocycles. The smallest absolute Gasteiger partial charge is 0.241 e. The van der Waals surface area contributed by atoms with Crippen LogP contribution in [-0.2, 0) is 9.59 Å². The molecule has 12 heavy (non-hydrogen) atoms. The van der Waals surface area contributed by atoms with Crippen molar-refractivity contribution in [1.82, 2.24) is 4.90 Å². The second-order valence-electron chi connectivity index (χ2n) is 2.49. The van der Waals surface area contributed by atoms with Gasteiger partial charge in [-0.1, -0.05) is 0 Å². The number of primary amides is 1. The van der Waals surface area contributed by atoms with Crippen molar-refractivity contribution >= 4 is 23.6 Å². The molecule has 0 radical (unpaired) electrons. The van der Waals surface area contributed by atoms with Crippen molar-refractivity contribution in [3.05, 3.63) is 0 Å². The highest BCUT2D eigenvalue weighted by Gasteiger charge is 2.32. The van der Waals surface area contributed by atoms with Crippen molar-refractivity contribution in [1.29, 1.82) is 0 Å². The third kappa shape index (κ3) is 1.70. The molecule has 0 aliphatic carbocycles. The van der Waals surface area contributed by atoms with Crippen molar-refractivity contribution in [3.63, 3.8) is 0 Å². The Morgan fingerprint density at radius 3 is 2.75 bits per heavy atom. The molecule has 1 aliphatic rings. The summed E-state index contributed by atoms with van der Waals surface area (Å²) in [6, 6.07) is -0.467. The molecule has 0 saturated carbocycles. The summed E-state index contributed by atoms with van der Waals surface area (Å²) in [5.41, 5.74) is 10.3. The maximum atomic E-state index is 11.1. The Morgan fingerprint density at radius 1 is 1.58 bits per heavy atom. The lowest BCUT2D eigenvalue weighted by Crippen LogP contribution is -2.47. The van der Waals surface area contributed by atoms with Crippen LogP contribution in [0.1, 0.15) is 0 Å².